The summed E-state index contributed by atoms with van der Waals surface area (Å²) in [4.78, 5) is 25.4. The van der Waals surface area contributed by atoms with Gasteiger partial charge >= 0.3 is 0 Å². The van der Waals surface area contributed by atoms with Gasteiger partial charge in [-0.2, -0.15) is 0 Å². The van der Waals surface area contributed by atoms with Crippen molar-refractivity contribution in [3.05, 3.63) is 68.8 Å². The maximum Gasteiger partial charge on any atom is 0.269 e. The predicted octanol–water partition coefficient (Wildman–Crippen LogP) is 4.87. The van der Waals surface area contributed by atoms with Crippen LogP contribution in [-0.4, -0.2) is 73.8 Å². The van der Waals surface area contributed by atoms with Crippen LogP contribution < -0.4 is 0 Å². The van der Waals surface area contributed by atoms with Crippen LogP contribution in [0.2, 0.25) is 0 Å². The van der Waals surface area contributed by atoms with Crippen molar-refractivity contribution in [2.75, 3.05) is 33.1 Å². The summed E-state index contributed by atoms with van der Waals surface area (Å²) in [6, 6.07) is 12.0. The van der Waals surface area contributed by atoms with E-state index in [9.17, 15) is 20.2 Å². The van der Waals surface area contributed by atoms with E-state index in [2.05, 4.69) is 58.2 Å². The highest BCUT2D eigenvalue weighted by atomic mass is 16.6. The topological polar surface area (TPSA) is 149 Å². The van der Waals surface area contributed by atoms with Crippen LogP contribution in [0.3, 0.4) is 0 Å². The first-order valence-corrected chi connectivity index (χ1v) is 11.8. The molecular weight excluding hydrogens is 480 g/mol. The van der Waals surface area contributed by atoms with E-state index in [1.807, 2.05) is 10.0 Å². The molecule has 0 bridgehead atoms. The van der Waals surface area contributed by atoms with Crippen LogP contribution in [0.25, 0.3) is 0 Å². The zero-order valence-corrected chi connectivity index (χ0v) is 21.3. The second kappa shape index (κ2) is 10.1. The van der Waals surface area contributed by atoms with Gasteiger partial charge in [-0.05, 0) is 52.0 Å². The van der Waals surface area contributed by atoms with E-state index < -0.39 is 9.85 Å². The SMILES string of the molecule is CC1(C)CN(N=Nc2ccc([N+](=O)[O-])cc2)CN1CN1CN(N=Nc2ccc([N+](=O)[O-])cc2)CC1(C)C. The van der Waals surface area contributed by atoms with Gasteiger partial charge in [-0.25, -0.2) is 0 Å². The molecule has 0 spiro atoms. The van der Waals surface area contributed by atoms with Gasteiger partial charge in [0.2, 0.25) is 0 Å². The van der Waals surface area contributed by atoms with E-state index in [0.717, 1.165) is 0 Å². The van der Waals surface area contributed by atoms with Crippen molar-refractivity contribution in [1.29, 1.82) is 0 Å². The van der Waals surface area contributed by atoms with E-state index in [1.54, 1.807) is 24.3 Å². The van der Waals surface area contributed by atoms with Gasteiger partial charge in [-0.1, -0.05) is 10.4 Å². The summed E-state index contributed by atoms with van der Waals surface area (Å²) >= 11 is 0. The quantitative estimate of drug-likeness (QED) is 0.277. The zero-order chi connectivity index (χ0) is 26.8. The summed E-state index contributed by atoms with van der Waals surface area (Å²) < 4.78 is 0. The summed E-state index contributed by atoms with van der Waals surface area (Å²) in [6.07, 6.45) is 0. The first kappa shape index (κ1) is 26.0. The predicted molar refractivity (Wildman–Crippen MR) is 135 cm³/mol. The van der Waals surface area contributed by atoms with Crippen molar-refractivity contribution in [3.63, 3.8) is 0 Å². The van der Waals surface area contributed by atoms with Crippen LogP contribution in [0.4, 0.5) is 22.7 Å². The third-order valence-electron chi connectivity index (χ3n) is 6.55. The average molecular weight is 511 g/mol. The zero-order valence-electron chi connectivity index (χ0n) is 21.3. The molecule has 2 fully saturated rings. The van der Waals surface area contributed by atoms with Gasteiger partial charge in [0.1, 0.15) is 0 Å². The highest BCUT2D eigenvalue weighted by molar-refractivity contribution is 5.44. The Kier molecular flexibility index (Phi) is 7.14. The summed E-state index contributed by atoms with van der Waals surface area (Å²) in [7, 11) is 0. The lowest BCUT2D eigenvalue weighted by Crippen LogP contribution is -2.51. The van der Waals surface area contributed by atoms with Crippen molar-refractivity contribution in [2.24, 2.45) is 20.7 Å². The molecule has 196 valence electrons. The third kappa shape index (κ3) is 6.21. The average Bonchev–Trinajstić information content (AvgIpc) is 3.30. The molecule has 37 heavy (non-hydrogen) atoms. The summed E-state index contributed by atoms with van der Waals surface area (Å²) in [5.74, 6) is 0. The van der Waals surface area contributed by atoms with E-state index in [1.165, 1.54) is 24.3 Å². The van der Waals surface area contributed by atoms with Crippen molar-refractivity contribution in [1.82, 2.24) is 19.8 Å². The Morgan fingerprint density at radius 2 is 1.05 bits per heavy atom. The van der Waals surface area contributed by atoms with E-state index in [0.29, 0.717) is 44.5 Å². The minimum absolute atomic E-state index is 0.0157. The summed E-state index contributed by atoms with van der Waals surface area (Å²) in [6.45, 7) is 11.8. The van der Waals surface area contributed by atoms with Gasteiger partial charge < -0.3 is 0 Å². The Bertz CT molecular complexity index is 1100. The molecule has 2 heterocycles. The molecule has 2 aromatic rings. The third-order valence-corrected chi connectivity index (χ3v) is 6.55. The molecule has 14 heteroatoms. The van der Waals surface area contributed by atoms with Crippen LogP contribution in [0.15, 0.2) is 69.2 Å². The standard InChI is InChI=1S/C23H30N10O4/c1-22(2)13-30(26-24-18-5-9-20(10-6-18)32(34)35)16-28(22)15-29-17-31(14-23(29,3)4)27-25-19-7-11-21(12-8-19)33(36)37/h5-12H,13-17H2,1-4H3. The number of hydrogen-bond donors (Lipinski definition) is 0. The lowest BCUT2D eigenvalue weighted by atomic mass is 10.0. The number of benzene rings is 2. The summed E-state index contributed by atoms with van der Waals surface area (Å²) in [5, 5.41) is 42.6. The Morgan fingerprint density at radius 1 is 0.703 bits per heavy atom. The fourth-order valence-electron chi connectivity index (χ4n) is 4.28. The lowest BCUT2D eigenvalue weighted by molar-refractivity contribution is -0.385. The van der Waals surface area contributed by atoms with Crippen LogP contribution in [0, 0.1) is 20.2 Å². The van der Waals surface area contributed by atoms with Crippen molar-refractivity contribution < 1.29 is 9.85 Å². The monoisotopic (exact) mass is 510 g/mol. The van der Waals surface area contributed by atoms with Gasteiger partial charge in [-0.15, -0.1) is 10.2 Å². The highest BCUT2D eigenvalue weighted by Crippen LogP contribution is 2.31. The number of nitro benzene ring substituents is 2. The molecule has 0 atom stereocenters. The lowest BCUT2D eigenvalue weighted by Gasteiger charge is -2.37. The van der Waals surface area contributed by atoms with Crippen molar-refractivity contribution in [2.45, 2.75) is 38.8 Å². The molecule has 0 aliphatic carbocycles. The Labute approximate surface area is 214 Å². The molecule has 0 saturated carbocycles. The van der Waals surface area contributed by atoms with Gasteiger partial charge in [0.25, 0.3) is 11.4 Å². The van der Waals surface area contributed by atoms with Crippen LogP contribution in [0.5, 0.6) is 0 Å². The smallest absolute Gasteiger partial charge is 0.264 e. The van der Waals surface area contributed by atoms with Gasteiger partial charge in [0.05, 0.1) is 54.3 Å². The molecule has 0 aromatic heterocycles. The van der Waals surface area contributed by atoms with E-state index >= 15 is 0 Å². The second-order valence-corrected chi connectivity index (χ2v) is 10.4. The Hall–Kier alpha value is -4.04. The Morgan fingerprint density at radius 3 is 1.38 bits per heavy atom. The molecule has 4 rings (SSSR count). The molecular formula is C23H30N10O4. The van der Waals surface area contributed by atoms with Gasteiger partial charge in [-0.3, -0.25) is 40.0 Å². The van der Waals surface area contributed by atoms with Crippen molar-refractivity contribution >= 4 is 22.7 Å². The van der Waals surface area contributed by atoms with E-state index in [4.69, 9.17) is 0 Å². The number of nitrogens with zero attached hydrogens (tertiary/aromatic N) is 10. The number of non-ortho nitro benzene ring substituents is 2. The maximum atomic E-state index is 10.8. The minimum atomic E-state index is -0.445. The minimum Gasteiger partial charge on any atom is -0.264 e. The van der Waals surface area contributed by atoms with Crippen LogP contribution in [0.1, 0.15) is 27.7 Å². The molecule has 2 aromatic carbocycles. The molecule has 2 aliphatic rings. The second-order valence-electron chi connectivity index (χ2n) is 10.4. The molecule has 14 nitrogen and oxygen atoms in total. The highest BCUT2D eigenvalue weighted by Gasteiger charge is 2.43. The van der Waals surface area contributed by atoms with E-state index in [-0.39, 0.29) is 22.5 Å². The first-order chi connectivity index (χ1) is 17.4. The van der Waals surface area contributed by atoms with Gasteiger partial charge in [0, 0.05) is 35.3 Å². The fraction of sp³-hybridized carbons (Fsp3) is 0.478. The molecule has 0 amide bonds. The van der Waals surface area contributed by atoms with Crippen LogP contribution in [-0.2, 0) is 0 Å². The number of hydrogen-bond acceptors (Lipinski definition) is 10. The molecule has 0 radical (unpaired) electrons. The van der Waals surface area contributed by atoms with Crippen LogP contribution >= 0.6 is 0 Å². The molecule has 0 N–H and O–H groups in total. The normalized spacial score (nSPS) is 19.9. The Balaban J connectivity index is 1.36. The molecule has 0 unspecified atom stereocenters. The molecule has 2 aliphatic heterocycles. The van der Waals surface area contributed by atoms with Gasteiger partial charge in [0.15, 0.2) is 0 Å². The molecule has 2 saturated heterocycles. The van der Waals surface area contributed by atoms with Crippen molar-refractivity contribution in [3.8, 4) is 0 Å². The fourth-order valence-corrected chi connectivity index (χ4v) is 4.28. The maximum absolute atomic E-state index is 10.8. The number of nitro groups is 2. The summed E-state index contributed by atoms with van der Waals surface area (Å²) in [5.41, 5.74) is 0.827. The first-order valence-electron chi connectivity index (χ1n) is 11.8. The number of rotatable bonds is 8. The largest absolute Gasteiger partial charge is 0.269 e.